The second-order valence-electron chi connectivity index (χ2n) is 3.24. The van der Waals surface area contributed by atoms with Crippen LogP contribution in [-0.4, -0.2) is 37.6 Å². The van der Waals surface area contributed by atoms with Gasteiger partial charge in [-0.05, 0) is 25.1 Å². The molecule has 0 aliphatic rings. The van der Waals surface area contributed by atoms with Crippen molar-refractivity contribution in [2.75, 3.05) is 20.3 Å². The zero-order valence-electron chi connectivity index (χ0n) is 10.3. The molecule has 0 radical (unpaired) electrons. The molecule has 0 saturated carbocycles. The molecule has 98 valence electrons. The fourth-order valence-electron chi connectivity index (χ4n) is 1.23. The highest BCUT2D eigenvalue weighted by Gasteiger charge is 2.04. The van der Waals surface area contributed by atoms with Crippen molar-refractivity contribution in [3.8, 4) is 11.5 Å². The van der Waals surface area contributed by atoms with Crippen molar-refractivity contribution in [3.63, 3.8) is 0 Å². The second-order valence-corrected chi connectivity index (χ2v) is 3.24. The van der Waals surface area contributed by atoms with Gasteiger partial charge in [0.15, 0.2) is 11.5 Å². The molecule has 0 fully saturated rings. The van der Waals surface area contributed by atoms with Gasteiger partial charge in [0.2, 0.25) is 6.61 Å². The Morgan fingerprint density at radius 3 is 2.83 bits per heavy atom. The number of aliphatic carboxylic acids is 1. The highest BCUT2D eigenvalue weighted by molar-refractivity contribution is 5.80. The Bertz CT molecular complexity index is 430. The number of nitrogens with zero attached hydrogens (tertiary/aromatic N) is 1. The molecule has 0 aromatic heterocycles. The van der Waals surface area contributed by atoms with Gasteiger partial charge >= 0.3 is 5.97 Å². The van der Waals surface area contributed by atoms with Crippen LogP contribution < -0.4 is 9.47 Å². The summed E-state index contributed by atoms with van der Waals surface area (Å²) in [6.45, 7) is 1.96. The molecule has 6 heteroatoms. The normalized spacial score (nSPS) is 10.3. The van der Waals surface area contributed by atoms with Crippen molar-refractivity contribution in [1.29, 1.82) is 0 Å². The topological polar surface area (TPSA) is 77.4 Å². The first-order valence-corrected chi connectivity index (χ1v) is 5.35. The number of rotatable bonds is 7. The summed E-state index contributed by atoms with van der Waals surface area (Å²) in [7, 11) is 1.54. The van der Waals surface area contributed by atoms with E-state index in [-0.39, 0.29) is 0 Å². The van der Waals surface area contributed by atoms with Crippen molar-refractivity contribution >= 4 is 12.2 Å². The maximum absolute atomic E-state index is 10.2. The molecule has 0 spiro atoms. The molecule has 0 atom stereocenters. The minimum atomic E-state index is -1.07. The Labute approximate surface area is 105 Å². The van der Waals surface area contributed by atoms with Crippen LogP contribution in [0.4, 0.5) is 0 Å². The van der Waals surface area contributed by atoms with E-state index in [0.29, 0.717) is 18.1 Å². The molecular weight excluding hydrogens is 238 g/mol. The van der Waals surface area contributed by atoms with Crippen LogP contribution in [0.5, 0.6) is 11.5 Å². The molecule has 0 aliphatic carbocycles. The number of ether oxygens (including phenoxy) is 2. The molecule has 0 aliphatic heterocycles. The molecular formula is C12H15NO5. The first-order chi connectivity index (χ1) is 8.67. The number of carbonyl (C=O) groups is 1. The van der Waals surface area contributed by atoms with E-state index in [1.165, 1.54) is 6.21 Å². The van der Waals surface area contributed by atoms with E-state index in [1.54, 1.807) is 25.3 Å². The monoisotopic (exact) mass is 253 g/mol. The van der Waals surface area contributed by atoms with E-state index in [0.717, 1.165) is 5.56 Å². The average molecular weight is 253 g/mol. The predicted octanol–water partition coefficient (Wildman–Crippen LogP) is 1.53. The Hall–Kier alpha value is -2.24. The lowest BCUT2D eigenvalue weighted by Gasteiger charge is -2.09. The smallest absolute Gasteiger partial charge is 0.344 e. The number of hydrogen-bond acceptors (Lipinski definition) is 5. The van der Waals surface area contributed by atoms with Gasteiger partial charge in [-0.3, -0.25) is 0 Å². The van der Waals surface area contributed by atoms with Crippen LogP contribution in [0, 0.1) is 0 Å². The second kappa shape index (κ2) is 7.16. The molecule has 6 nitrogen and oxygen atoms in total. The van der Waals surface area contributed by atoms with Crippen LogP contribution in [0.15, 0.2) is 23.4 Å². The summed E-state index contributed by atoms with van der Waals surface area (Å²) < 4.78 is 10.5. The van der Waals surface area contributed by atoms with E-state index in [4.69, 9.17) is 14.6 Å². The third-order valence-corrected chi connectivity index (χ3v) is 1.95. The van der Waals surface area contributed by atoms with Crippen molar-refractivity contribution < 1.29 is 24.2 Å². The Balaban J connectivity index is 2.69. The minimum Gasteiger partial charge on any atom is -0.493 e. The van der Waals surface area contributed by atoms with E-state index in [1.807, 2.05) is 6.92 Å². The lowest BCUT2D eigenvalue weighted by atomic mass is 10.2. The van der Waals surface area contributed by atoms with E-state index < -0.39 is 12.6 Å². The van der Waals surface area contributed by atoms with E-state index in [9.17, 15) is 4.79 Å². The highest BCUT2D eigenvalue weighted by Crippen LogP contribution is 2.27. The van der Waals surface area contributed by atoms with E-state index in [2.05, 4.69) is 9.99 Å². The molecule has 0 saturated heterocycles. The predicted molar refractivity (Wildman–Crippen MR) is 65.3 cm³/mol. The third kappa shape index (κ3) is 4.32. The zero-order chi connectivity index (χ0) is 13.4. The number of hydrogen-bond donors (Lipinski definition) is 1. The molecule has 0 heterocycles. The summed E-state index contributed by atoms with van der Waals surface area (Å²) in [5.41, 5.74) is 0.723. The highest BCUT2D eigenvalue weighted by atomic mass is 16.6. The van der Waals surface area contributed by atoms with Crippen molar-refractivity contribution in [2.24, 2.45) is 5.16 Å². The summed E-state index contributed by atoms with van der Waals surface area (Å²) in [5, 5.41) is 11.9. The van der Waals surface area contributed by atoms with Gasteiger partial charge in [0.25, 0.3) is 0 Å². The van der Waals surface area contributed by atoms with Crippen LogP contribution in [-0.2, 0) is 9.63 Å². The molecule has 1 rings (SSSR count). The Morgan fingerprint density at radius 2 is 2.22 bits per heavy atom. The molecule has 0 amide bonds. The first kappa shape index (κ1) is 13.8. The summed E-state index contributed by atoms with van der Waals surface area (Å²) in [5.74, 6) is 0.152. The van der Waals surface area contributed by atoms with Crippen LogP contribution in [0.3, 0.4) is 0 Å². The van der Waals surface area contributed by atoms with Crippen LogP contribution >= 0.6 is 0 Å². The van der Waals surface area contributed by atoms with Crippen molar-refractivity contribution in [1.82, 2.24) is 0 Å². The molecule has 0 bridgehead atoms. The molecule has 0 unspecified atom stereocenters. The molecule has 1 N–H and O–H groups in total. The van der Waals surface area contributed by atoms with Crippen LogP contribution in [0.2, 0.25) is 0 Å². The summed E-state index contributed by atoms with van der Waals surface area (Å²) >= 11 is 0. The standard InChI is InChI=1S/C12H15NO5/c1-3-17-10-5-4-9(6-11(10)16-2)7-13-18-8-12(14)15/h4-7H,3,8H2,1-2H3,(H,14,15). The lowest BCUT2D eigenvalue weighted by Crippen LogP contribution is -2.03. The van der Waals surface area contributed by atoms with Crippen molar-refractivity contribution in [3.05, 3.63) is 23.8 Å². The quantitative estimate of drug-likeness (QED) is 0.589. The number of carboxylic acids is 1. The van der Waals surface area contributed by atoms with Gasteiger partial charge in [-0.25, -0.2) is 4.79 Å². The van der Waals surface area contributed by atoms with Crippen molar-refractivity contribution in [2.45, 2.75) is 6.92 Å². The summed E-state index contributed by atoms with van der Waals surface area (Å²) in [6.07, 6.45) is 1.40. The van der Waals surface area contributed by atoms with Crippen LogP contribution in [0.25, 0.3) is 0 Å². The first-order valence-electron chi connectivity index (χ1n) is 5.35. The number of methoxy groups -OCH3 is 1. The molecule has 1 aromatic rings. The number of benzene rings is 1. The molecule has 1 aromatic carbocycles. The fraction of sp³-hybridized carbons (Fsp3) is 0.333. The van der Waals surface area contributed by atoms with Gasteiger partial charge in [0.1, 0.15) is 0 Å². The van der Waals surface area contributed by atoms with Gasteiger partial charge in [-0.2, -0.15) is 0 Å². The SMILES string of the molecule is CCOc1ccc(C=NOCC(=O)O)cc1OC. The number of carboxylic acid groups (broad SMARTS) is 1. The van der Waals surface area contributed by atoms with E-state index >= 15 is 0 Å². The maximum atomic E-state index is 10.2. The maximum Gasteiger partial charge on any atom is 0.344 e. The van der Waals surface area contributed by atoms with Gasteiger partial charge in [0, 0.05) is 5.56 Å². The summed E-state index contributed by atoms with van der Waals surface area (Å²) in [4.78, 5) is 14.7. The summed E-state index contributed by atoms with van der Waals surface area (Å²) in [6, 6.07) is 5.24. The van der Waals surface area contributed by atoms with Gasteiger partial charge in [-0.15, -0.1) is 0 Å². The fourth-order valence-corrected chi connectivity index (χ4v) is 1.23. The largest absolute Gasteiger partial charge is 0.493 e. The lowest BCUT2D eigenvalue weighted by molar-refractivity contribution is -0.142. The van der Waals surface area contributed by atoms with Gasteiger partial charge < -0.3 is 19.4 Å². The zero-order valence-corrected chi connectivity index (χ0v) is 10.3. The average Bonchev–Trinajstić information content (AvgIpc) is 2.36. The van der Waals surface area contributed by atoms with Gasteiger partial charge in [-0.1, -0.05) is 5.16 Å². The van der Waals surface area contributed by atoms with Crippen LogP contribution in [0.1, 0.15) is 12.5 Å². The minimum absolute atomic E-state index is 0.468. The van der Waals surface area contributed by atoms with Gasteiger partial charge in [0.05, 0.1) is 19.9 Å². The Morgan fingerprint density at radius 1 is 1.44 bits per heavy atom. The number of oxime groups is 1. The Kier molecular flexibility index (Phi) is 5.50. The molecule has 18 heavy (non-hydrogen) atoms. The third-order valence-electron chi connectivity index (χ3n) is 1.95.